The number of morpholine rings is 1. The van der Waals surface area contributed by atoms with Gasteiger partial charge in [-0.05, 0) is 27.1 Å². The minimum absolute atomic E-state index is 0.112. The van der Waals surface area contributed by atoms with Gasteiger partial charge in [0.1, 0.15) is 12.7 Å². The smallest absolute Gasteiger partial charge is 0.165 e. The van der Waals surface area contributed by atoms with E-state index in [0.29, 0.717) is 13.2 Å². The SMILES string of the molecule is CCOc1cccc(CNC)c1OCC1CN(C)CCO1. The molecule has 0 bridgehead atoms. The van der Waals surface area contributed by atoms with E-state index >= 15 is 0 Å². The zero-order valence-corrected chi connectivity index (χ0v) is 13.2. The number of likely N-dealkylation sites (N-methyl/N-ethyl adjacent to an activating group) is 1. The molecule has 0 spiro atoms. The van der Waals surface area contributed by atoms with E-state index in [0.717, 1.165) is 43.3 Å². The van der Waals surface area contributed by atoms with Crippen molar-refractivity contribution in [3.8, 4) is 11.5 Å². The largest absolute Gasteiger partial charge is 0.490 e. The average molecular weight is 294 g/mol. The summed E-state index contributed by atoms with van der Waals surface area (Å²) < 4.78 is 17.5. The summed E-state index contributed by atoms with van der Waals surface area (Å²) >= 11 is 0. The molecule has 0 saturated carbocycles. The first-order valence-electron chi connectivity index (χ1n) is 7.56. The van der Waals surface area contributed by atoms with Crippen molar-refractivity contribution >= 4 is 0 Å². The van der Waals surface area contributed by atoms with E-state index in [2.05, 4.69) is 23.3 Å². The standard InChI is InChI=1S/C16H26N2O3/c1-4-19-15-7-5-6-13(10-17-2)16(15)21-12-14-11-18(3)8-9-20-14/h5-7,14,17H,4,8-12H2,1-3H3. The van der Waals surface area contributed by atoms with Crippen LogP contribution in [0.3, 0.4) is 0 Å². The summed E-state index contributed by atoms with van der Waals surface area (Å²) in [4.78, 5) is 2.26. The number of nitrogens with zero attached hydrogens (tertiary/aromatic N) is 1. The van der Waals surface area contributed by atoms with Crippen LogP contribution in [0.5, 0.6) is 11.5 Å². The third-order valence-electron chi connectivity index (χ3n) is 3.48. The summed E-state index contributed by atoms with van der Waals surface area (Å²) in [5.74, 6) is 1.62. The number of ether oxygens (including phenoxy) is 3. The fraction of sp³-hybridized carbons (Fsp3) is 0.625. The first-order chi connectivity index (χ1) is 10.2. The number of hydrogen-bond donors (Lipinski definition) is 1. The second-order valence-electron chi connectivity index (χ2n) is 5.27. The molecule has 1 atom stereocenters. The van der Waals surface area contributed by atoms with Crippen LogP contribution in [-0.4, -0.2) is 58.0 Å². The lowest BCUT2D eigenvalue weighted by Crippen LogP contribution is -2.42. The first-order valence-corrected chi connectivity index (χ1v) is 7.56. The van der Waals surface area contributed by atoms with Gasteiger partial charge in [-0.15, -0.1) is 0 Å². The van der Waals surface area contributed by atoms with Crippen LogP contribution in [0.2, 0.25) is 0 Å². The van der Waals surface area contributed by atoms with Crippen LogP contribution in [0.1, 0.15) is 12.5 Å². The zero-order chi connectivity index (χ0) is 15.1. The molecule has 1 aromatic rings. The Kier molecular flexibility index (Phi) is 6.29. The normalized spacial score (nSPS) is 19.5. The lowest BCUT2D eigenvalue weighted by molar-refractivity contribution is -0.0408. The zero-order valence-electron chi connectivity index (χ0n) is 13.2. The molecule has 0 aromatic heterocycles. The average Bonchev–Trinajstić information content (AvgIpc) is 2.47. The van der Waals surface area contributed by atoms with Gasteiger partial charge < -0.3 is 24.4 Å². The van der Waals surface area contributed by atoms with Crippen LogP contribution in [0.25, 0.3) is 0 Å². The summed E-state index contributed by atoms with van der Waals surface area (Å²) in [6.07, 6.45) is 0.112. The van der Waals surface area contributed by atoms with Gasteiger partial charge in [0.05, 0.1) is 13.2 Å². The lowest BCUT2D eigenvalue weighted by atomic mass is 10.2. The third kappa shape index (κ3) is 4.59. The lowest BCUT2D eigenvalue weighted by Gasteiger charge is -2.30. The predicted molar refractivity (Wildman–Crippen MR) is 83.1 cm³/mol. The molecule has 0 amide bonds. The van der Waals surface area contributed by atoms with Crippen molar-refractivity contribution in [3.63, 3.8) is 0 Å². The number of para-hydroxylation sites is 1. The van der Waals surface area contributed by atoms with Gasteiger partial charge in [-0.1, -0.05) is 12.1 Å². The molecule has 1 unspecified atom stereocenters. The van der Waals surface area contributed by atoms with Crippen molar-refractivity contribution in [1.29, 1.82) is 0 Å². The highest BCUT2D eigenvalue weighted by atomic mass is 16.5. The second-order valence-corrected chi connectivity index (χ2v) is 5.27. The number of rotatable bonds is 7. The topological polar surface area (TPSA) is 43.0 Å². The Morgan fingerprint density at radius 1 is 1.38 bits per heavy atom. The summed E-state index contributed by atoms with van der Waals surface area (Å²) in [5, 5.41) is 3.16. The number of benzene rings is 1. The van der Waals surface area contributed by atoms with Crippen LogP contribution < -0.4 is 14.8 Å². The highest BCUT2D eigenvalue weighted by Crippen LogP contribution is 2.31. The molecule has 5 nitrogen and oxygen atoms in total. The summed E-state index contributed by atoms with van der Waals surface area (Å²) in [6, 6.07) is 6.00. The van der Waals surface area contributed by atoms with E-state index in [9.17, 15) is 0 Å². The molecule has 2 rings (SSSR count). The van der Waals surface area contributed by atoms with E-state index in [1.807, 2.05) is 26.1 Å². The van der Waals surface area contributed by atoms with Crippen molar-refractivity contribution in [2.24, 2.45) is 0 Å². The molecule has 0 aliphatic carbocycles. The van der Waals surface area contributed by atoms with Crippen LogP contribution in [0.15, 0.2) is 18.2 Å². The van der Waals surface area contributed by atoms with E-state index in [1.54, 1.807) is 0 Å². The van der Waals surface area contributed by atoms with Gasteiger partial charge in [0.25, 0.3) is 0 Å². The van der Waals surface area contributed by atoms with Crippen molar-refractivity contribution < 1.29 is 14.2 Å². The first kappa shape index (κ1) is 16.1. The molecule has 1 saturated heterocycles. The van der Waals surface area contributed by atoms with Gasteiger partial charge in [0.2, 0.25) is 0 Å². The maximum atomic E-state index is 6.04. The highest BCUT2D eigenvalue weighted by Gasteiger charge is 2.20. The van der Waals surface area contributed by atoms with Gasteiger partial charge in [-0.2, -0.15) is 0 Å². The van der Waals surface area contributed by atoms with E-state index in [-0.39, 0.29) is 6.10 Å². The molecule has 1 aliphatic rings. The maximum absolute atomic E-state index is 6.04. The van der Waals surface area contributed by atoms with Crippen molar-refractivity contribution in [3.05, 3.63) is 23.8 Å². The molecule has 1 fully saturated rings. The van der Waals surface area contributed by atoms with Gasteiger partial charge in [-0.25, -0.2) is 0 Å². The Morgan fingerprint density at radius 3 is 2.95 bits per heavy atom. The van der Waals surface area contributed by atoms with Crippen LogP contribution in [0, 0.1) is 0 Å². The summed E-state index contributed by atoms with van der Waals surface area (Å²) in [5.41, 5.74) is 1.10. The third-order valence-corrected chi connectivity index (χ3v) is 3.48. The molecule has 118 valence electrons. The van der Waals surface area contributed by atoms with Gasteiger partial charge in [-0.3, -0.25) is 0 Å². The van der Waals surface area contributed by atoms with Crippen LogP contribution in [-0.2, 0) is 11.3 Å². The molecule has 1 N–H and O–H groups in total. The Bertz CT molecular complexity index is 415. The fourth-order valence-electron chi connectivity index (χ4n) is 2.47. The molecular formula is C16H26N2O3. The second kappa shape index (κ2) is 8.22. The minimum atomic E-state index is 0.112. The van der Waals surface area contributed by atoms with Crippen LogP contribution in [0.4, 0.5) is 0 Å². The number of nitrogens with one attached hydrogen (secondary N) is 1. The quantitative estimate of drug-likeness (QED) is 0.826. The Morgan fingerprint density at radius 2 is 2.24 bits per heavy atom. The Balaban J connectivity index is 2.05. The molecule has 1 aliphatic heterocycles. The monoisotopic (exact) mass is 294 g/mol. The van der Waals surface area contributed by atoms with E-state index < -0.39 is 0 Å². The minimum Gasteiger partial charge on any atom is -0.490 e. The van der Waals surface area contributed by atoms with Crippen molar-refractivity contribution in [1.82, 2.24) is 10.2 Å². The van der Waals surface area contributed by atoms with Gasteiger partial charge in [0.15, 0.2) is 11.5 Å². The Labute approximate surface area is 127 Å². The summed E-state index contributed by atoms with van der Waals surface area (Å²) in [6.45, 7) is 6.55. The molecular weight excluding hydrogens is 268 g/mol. The molecule has 5 heteroatoms. The maximum Gasteiger partial charge on any atom is 0.165 e. The van der Waals surface area contributed by atoms with Gasteiger partial charge >= 0.3 is 0 Å². The van der Waals surface area contributed by atoms with Crippen molar-refractivity contribution in [2.45, 2.75) is 19.6 Å². The van der Waals surface area contributed by atoms with Crippen molar-refractivity contribution in [2.75, 3.05) is 47.0 Å². The fourth-order valence-corrected chi connectivity index (χ4v) is 2.47. The van der Waals surface area contributed by atoms with Crippen LogP contribution >= 0.6 is 0 Å². The Hall–Kier alpha value is -1.30. The predicted octanol–water partition coefficient (Wildman–Crippen LogP) is 1.51. The van der Waals surface area contributed by atoms with Gasteiger partial charge in [0, 0.05) is 25.2 Å². The van der Waals surface area contributed by atoms with E-state index in [4.69, 9.17) is 14.2 Å². The summed E-state index contributed by atoms with van der Waals surface area (Å²) in [7, 11) is 4.03. The molecule has 21 heavy (non-hydrogen) atoms. The molecule has 1 aromatic carbocycles. The number of hydrogen-bond acceptors (Lipinski definition) is 5. The highest BCUT2D eigenvalue weighted by molar-refractivity contribution is 5.46. The molecule has 0 radical (unpaired) electrons. The molecule has 1 heterocycles. The van der Waals surface area contributed by atoms with E-state index in [1.165, 1.54) is 0 Å².